The molecule has 2 aromatic rings. The highest BCUT2D eigenvalue weighted by Crippen LogP contribution is 2.24. The van der Waals surface area contributed by atoms with Crippen LogP contribution < -0.4 is 15.5 Å². The third-order valence-corrected chi connectivity index (χ3v) is 4.51. The van der Waals surface area contributed by atoms with Gasteiger partial charge in [0, 0.05) is 13.6 Å². The van der Waals surface area contributed by atoms with Gasteiger partial charge in [0.25, 0.3) is 0 Å². The van der Waals surface area contributed by atoms with E-state index >= 15 is 0 Å². The molecular weight excluding hydrogens is 399 g/mol. The van der Waals surface area contributed by atoms with Crippen molar-refractivity contribution in [3.63, 3.8) is 0 Å². The lowest BCUT2D eigenvalue weighted by atomic mass is 9.80. The van der Waals surface area contributed by atoms with Crippen LogP contribution in [0, 0.1) is 0 Å². The van der Waals surface area contributed by atoms with E-state index in [0.717, 1.165) is 16.6 Å². The van der Waals surface area contributed by atoms with Crippen LogP contribution in [0.5, 0.6) is 11.5 Å². The highest BCUT2D eigenvalue weighted by molar-refractivity contribution is 6.61. The lowest BCUT2D eigenvalue weighted by Crippen LogP contribution is -2.40. The maximum atomic E-state index is 12.1. The van der Waals surface area contributed by atoms with Crippen molar-refractivity contribution >= 4 is 24.6 Å². The zero-order chi connectivity index (χ0) is 22.6. The minimum atomic E-state index is -0.873. The van der Waals surface area contributed by atoms with E-state index in [9.17, 15) is 14.6 Å². The van der Waals surface area contributed by atoms with E-state index in [0.29, 0.717) is 24.7 Å². The normalized spacial score (nSPS) is 12.9. The fraction of sp³-hybridized carbons (Fsp3) is 0.364. The highest BCUT2D eigenvalue weighted by Gasteiger charge is 2.27. The van der Waals surface area contributed by atoms with Gasteiger partial charge in [-0.15, -0.1) is 0 Å². The first-order valence-corrected chi connectivity index (χ1v) is 10.0. The monoisotopic (exact) mass is 426 g/mol. The zero-order valence-corrected chi connectivity index (χ0v) is 18.2. The maximum absolute atomic E-state index is 12.1. The molecule has 2 aromatic carbocycles. The second kappa shape index (κ2) is 9.41. The Morgan fingerprint density at radius 3 is 2.52 bits per heavy atom. The average molecular weight is 426 g/mol. The minimum Gasteiger partial charge on any atom is -0.457 e. The molecule has 0 bridgehead atoms. The van der Waals surface area contributed by atoms with Gasteiger partial charge in [-0.2, -0.15) is 0 Å². The van der Waals surface area contributed by atoms with Gasteiger partial charge in [-0.25, -0.2) is 4.79 Å². The van der Waals surface area contributed by atoms with Crippen molar-refractivity contribution in [3.8, 4) is 11.5 Å². The summed E-state index contributed by atoms with van der Waals surface area (Å²) in [5, 5.41) is 12.5. The van der Waals surface area contributed by atoms with E-state index in [1.807, 2.05) is 30.3 Å². The van der Waals surface area contributed by atoms with Crippen LogP contribution >= 0.6 is 0 Å². The summed E-state index contributed by atoms with van der Waals surface area (Å²) in [5.41, 5.74) is 1.95. The van der Waals surface area contributed by atoms with Gasteiger partial charge in [-0.05, 0) is 61.6 Å². The lowest BCUT2D eigenvalue weighted by Gasteiger charge is -2.24. The summed E-state index contributed by atoms with van der Waals surface area (Å²) >= 11 is 0. The molecule has 0 atom stereocenters. The SMILES string of the molecule is CN(CC(=O)NCc1ccc(Oc2ccc3c(c2)COB3O)cc1)C(=O)OC(C)(C)C. The molecule has 8 nitrogen and oxygen atoms in total. The summed E-state index contributed by atoms with van der Waals surface area (Å²) in [4.78, 5) is 25.3. The van der Waals surface area contributed by atoms with Crippen molar-refractivity contribution < 1.29 is 28.7 Å². The van der Waals surface area contributed by atoms with Crippen molar-refractivity contribution in [2.45, 2.75) is 39.5 Å². The number of amides is 2. The molecule has 2 amide bonds. The van der Waals surface area contributed by atoms with E-state index in [1.165, 1.54) is 11.9 Å². The molecule has 0 aromatic heterocycles. The second-order valence-electron chi connectivity index (χ2n) is 8.38. The molecule has 9 heteroatoms. The standard InChI is InChI=1S/C22H27BN2O6/c1-22(2,3)31-21(27)25(4)13-20(26)24-12-15-5-7-17(8-6-15)30-18-9-10-19-16(11-18)14-29-23(19)28/h5-11,28H,12-14H2,1-4H3,(H,24,26). The van der Waals surface area contributed by atoms with Crippen molar-refractivity contribution in [1.29, 1.82) is 0 Å². The summed E-state index contributed by atoms with van der Waals surface area (Å²) in [7, 11) is 0.647. The molecule has 0 fully saturated rings. The summed E-state index contributed by atoms with van der Waals surface area (Å²) < 4.78 is 16.3. The number of carbonyl (C=O) groups excluding carboxylic acids is 2. The van der Waals surface area contributed by atoms with Crippen LogP contribution in [0.4, 0.5) is 4.79 Å². The van der Waals surface area contributed by atoms with Crippen molar-refractivity contribution in [2.75, 3.05) is 13.6 Å². The smallest absolute Gasteiger partial charge is 0.457 e. The maximum Gasteiger partial charge on any atom is 0.491 e. The third-order valence-electron chi connectivity index (χ3n) is 4.51. The Labute approximate surface area is 182 Å². The van der Waals surface area contributed by atoms with E-state index in [1.54, 1.807) is 32.9 Å². The number of carbonyl (C=O) groups is 2. The summed E-state index contributed by atoms with van der Waals surface area (Å²) in [5.74, 6) is 1.03. The van der Waals surface area contributed by atoms with Gasteiger partial charge < -0.3 is 29.4 Å². The molecule has 1 heterocycles. The Bertz CT molecular complexity index is 942. The molecule has 3 rings (SSSR count). The van der Waals surface area contributed by atoms with Crippen molar-refractivity contribution in [1.82, 2.24) is 10.2 Å². The van der Waals surface area contributed by atoms with Crippen molar-refractivity contribution in [2.24, 2.45) is 0 Å². The van der Waals surface area contributed by atoms with Gasteiger partial charge in [0.15, 0.2) is 0 Å². The molecule has 0 radical (unpaired) electrons. The molecule has 1 aliphatic heterocycles. The molecule has 0 unspecified atom stereocenters. The number of hydrogen-bond acceptors (Lipinski definition) is 6. The number of nitrogens with one attached hydrogen (secondary N) is 1. The number of likely N-dealkylation sites (N-methyl/N-ethyl adjacent to an activating group) is 1. The largest absolute Gasteiger partial charge is 0.491 e. The van der Waals surface area contributed by atoms with Crippen LogP contribution in [0.3, 0.4) is 0 Å². The molecule has 2 N–H and O–H groups in total. The van der Waals surface area contributed by atoms with Crippen molar-refractivity contribution in [3.05, 3.63) is 53.6 Å². The molecule has 164 valence electrons. The molecule has 1 aliphatic rings. The predicted molar refractivity (Wildman–Crippen MR) is 116 cm³/mol. The van der Waals surface area contributed by atoms with E-state index in [4.69, 9.17) is 14.1 Å². The van der Waals surface area contributed by atoms with Crippen LogP contribution in [0.25, 0.3) is 0 Å². The molecule has 0 saturated heterocycles. The Morgan fingerprint density at radius 2 is 1.84 bits per heavy atom. The lowest BCUT2D eigenvalue weighted by molar-refractivity contribution is -0.122. The summed E-state index contributed by atoms with van der Waals surface area (Å²) in [6.07, 6.45) is -0.545. The van der Waals surface area contributed by atoms with Gasteiger partial charge in [0.1, 0.15) is 23.6 Å². The number of benzene rings is 2. The van der Waals surface area contributed by atoms with Crippen LogP contribution in [0.15, 0.2) is 42.5 Å². The average Bonchev–Trinajstić information content (AvgIpc) is 3.06. The fourth-order valence-corrected chi connectivity index (χ4v) is 2.96. The van der Waals surface area contributed by atoms with Gasteiger partial charge in [-0.3, -0.25) is 4.79 Å². The van der Waals surface area contributed by atoms with Gasteiger partial charge in [-0.1, -0.05) is 18.2 Å². The first-order valence-electron chi connectivity index (χ1n) is 10.0. The van der Waals surface area contributed by atoms with E-state index < -0.39 is 18.8 Å². The van der Waals surface area contributed by atoms with Gasteiger partial charge >= 0.3 is 13.2 Å². The number of hydrogen-bond donors (Lipinski definition) is 2. The minimum absolute atomic E-state index is 0.0904. The Morgan fingerprint density at radius 1 is 1.16 bits per heavy atom. The first-order chi connectivity index (χ1) is 14.6. The van der Waals surface area contributed by atoms with Crippen LogP contribution in [-0.2, 0) is 27.3 Å². The molecule has 31 heavy (non-hydrogen) atoms. The van der Waals surface area contributed by atoms with Crippen LogP contribution in [-0.4, -0.2) is 48.2 Å². The summed E-state index contributed by atoms with van der Waals surface area (Å²) in [6, 6.07) is 12.8. The number of ether oxygens (including phenoxy) is 2. The first kappa shape index (κ1) is 22.6. The second-order valence-corrected chi connectivity index (χ2v) is 8.38. The van der Waals surface area contributed by atoms with Crippen LogP contribution in [0.2, 0.25) is 0 Å². The Kier molecular flexibility index (Phi) is 6.87. The third kappa shape index (κ3) is 6.47. The van der Waals surface area contributed by atoms with Gasteiger partial charge in [0.2, 0.25) is 5.91 Å². The predicted octanol–water partition coefficient (Wildman–Crippen LogP) is 2.18. The van der Waals surface area contributed by atoms with Crippen LogP contribution in [0.1, 0.15) is 31.9 Å². The number of rotatable bonds is 6. The highest BCUT2D eigenvalue weighted by atomic mass is 16.6. The molecule has 0 aliphatic carbocycles. The Hall–Kier alpha value is -3.04. The molecule has 0 saturated carbocycles. The molecule has 0 spiro atoms. The van der Waals surface area contributed by atoms with E-state index in [2.05, 4.69) is 5.32 Å². The fourth-order valence-electron chi connectivity index (χ4n) is 2.96. The molecular formula is C22H27BN2O6. The Balaban J connectivity index is 1.47. The number of nitrogens with zero attached hydrogens (tertiary/aromatic N) is 1. The van der Waals surface area contributed by atoms with E-state index in [-0.39, 0.29) is 12.5 Å². The van der Waals surface area contributed by atoms with Gasteiger partial charge in [0.05, 0.1) is 6.61 Å². The topological polar surface area (TPSA) is 97.3 Å². The summed E-state index contributed by atoms with van der Waals surface area (Å²) in [6.45, 7) is 5.91. The quantitative estimate of drug-likeness (QED) is 0.688. The zero-order valence-electron chi connectivity index (χ0n) is 18.2. The number of fused-ring (bicyclic) bond motifs is 1.